The highest BCUT2D eigenvalue weighted by Gasteiger charge is 2.22. The standard InChI is InChI=1S/C30H35FN4S/c1-21-10-6-8-12-27(21)23(3)18-30(35-25(5)29(36-31)20-33-35)32-19-26-14-16-34(17-15-26)24(4)28-13-9-7-11-22(28)2/h6-13,18,20,26,32H,3-4,14-17,19H2,1-2,5H3/b30-18-. The molecule has 0 saturated carbocycles. The number of hydrogen-bond acceptors (Lipinski definition) is 4. The molecule has 0 atom stereocenters. The smallest absolute Gasteiger partial charge is 0.128 e. The van der Waals surface area contributed by atoms with Gasteiger partial charge < -0.3 is 10.2 Å². The van der Waals surface area contributed by atoms with E-state index in [0.717, 1.165) is 66.4 Å². The Bertz CT molecular complexity index is 1270. The molecule has 1 aromatic heterocycles. The maximum Gasteiger partial charge on any atom is 0.128 e. The Labute approximate surface area is 218 Å². The van der Waals surface area contributed by atoms with Crippen LogP contribution in [0.2, 0.25) is 0 Å². The number of hydrogen-bond donors (Lipinski definition) is 1. The van der Waals surface area contributed by atoms with Gasteiger partial charge in [-0.15, -0.1) is 0 Å². The van der Waals surface area contributed by atoms with Crippen LogP contribution in [0.1, 0.15) is 40.8 Å². The minimum absolute atomic E-state index is 0.225. The first-order valence-electron chi connectivity index (χ1n) is 12.4. The van der Waals surface area contributed by atoms with Crippen molar-refractivity contribution < 1.29 is 3.89 Å². The zero-order valence-corrected chi connectivity index (χ0v) is 22.2. The van der Waals surface area contributed by atoms with Gasteiger partial charge in [0.05, 0.1) is 28.9 Å². The van der Waals surface area contributed by atoms with Crippen LogP contribution in [-0.4, -0.2) is 34.3 Å². The van der Waals surface area contributed by atoms with Gasteiger partial charge in [-0.05, 0) is 67.9 Å². The molecule has 1 fully saturated rings. The summed E-state index contributed by atoms with van der Waals surface area (Å²) >= 11 is 0.225. The maximum absolute atomic E-state index is 13.4. The molecule has 0 unspecified atom stereocenters. The summed E-state index contributed by atoms with van der Waals surface area (Å²) in [5.74, 6) is 1.33. The third-order valence-electron chi connectivity index (χ3n) is 7.10. The van der Waals surface area contributed by atoms with Crippen molar-refractivity contribution in [2.45, 2.75) is 38.5 Å². The first kappa shape index (κ1) is 25.8. The van der Waals surface area contributed by atoms with E-state index in [1.165, 1.54) is 11.1 Å². The van der Waals surface area contributed by atoms with Gasteiger partial charge in [0.15, 0.2) is 0 Å². The highest BCUT2D eigenvalue weighted by atomic mass is 32.2. The lowest BCUT2D eigenvalue weighted by Gasteiger charge is -2.35. The molecule has 0 aliphatic carbocycles. The monoisotopic (exact) mass is 502 g/mol. The van der Waals surface area contributed by atoms with Crippen LogP contribution in [0.15, 0.2) is 78.9 Å². The summed E-state index contributed by atoms with van der Waals surface area (Å²) < 4.78 is 15.1. The quantitative estimate of drug-likeness (QED) is 0.312. The van der Waals surface area contributed by atoms with Gasteiger partial charge in [-0.2, -0.15) is 8.98 Å². The Kier molecular flexibility index (Phi) is 8.36. The molecule has 0 amide bonds. The number of allylic oxidation sites excluding steroid dienone is 2. The van der Waals surface area contributed by atoms with Crippen molar-refractivity contribution in [1.82, 2.24) is 20.0 Å². The molecule has 6 heteroatoms. The van der Waals surface area contributed by atoms with E-state index in [0.29, 0.717) is 10.8 Å². The summed E-state index contributed by atoms with van der Waals surface area (Å²) in [6.07, 6.45) is 5.74. The number of halogens is 1. The van der Waals surface area contributed by atoms with Gasteiger partial charge in [0.2, 0.25) is 0 Å². The summed E-state index contributed by atoms with van der Waals surface area (Å²) in [6.45, 7) is 17.6. The lowest BCUT2D eigenvalue weighted by Crippen LogP contribution is -2.36. The van der Waals surface area contributed by atoms with E-state index < -0.39 is 0 Å². The van der Waals surface area contributed by atoms with Gasteiger partial charge in [0.1, 0.15) is 5.82 Å². The van der Waals surface area contributed by atoms with Crippen molar-refractivity contribution in [2.75, 3.05) is 19.6 Å². The van der Waals surface area contributed by atoms with Crippen LogP contribution in [0.25, 0.3) is 17.1 Å². The second-order valence-electron chi connectivity index (χ2n) is 9.53. The molecule has 3 aromatic rings. The van der Waals surface area contributed by atoms with Crippen LogP contribution in [0.5, 0.6) is 0 Å². The molecule has 0 bridgehead atoms. The van der Waals surface area contributed by atoms with E-state index >= 15 is 0 Å². The molecule has 0 radical (unpaired) electrons. The van der Waals surface area contributed by atoms with Crippen LogP contribution in [0, 0.1) is 26.7 Å². The molecule has 0 spiro atoms. The van der Waals surface area contributed by atoms with Crippen LogP contribution >= 0.6 is 12.1 Å². The molecule has 1 aliphatic heterocycles. The predicted octanol–water partition coefficient (Wildman–Crippen LogP) is 7.27. The van der Waals surface area contributed by atoms with Gasteiger partial charge in [-0.1, -0.05) is 61.7 Å². The molecule has 2 heterocycles. The Hall–Kier alpha value is -3.25. The molecule has 1 N–H and O–H groups in total. The molecule has 1 aliphatic rings. The van der Waals surface area contributed by atoms with Crippen LogP contribution < -0.4 is 5.32 Å². The first-order chi connectivity index (χ1) is 17.4. The summed E-state index contributed by atoms with van der Waals surface area (Å²) in [5.41, 5.74) is 7.51. The van der Waals surface area contributed by atoms with Crippen molar-refractivity contribution in [3.8, 4) is 0 Å². The minimum Gasteiger partial charge on any atom is -0.372 e. The summed E-state index contributed by atoms with van der Waals surface area (Å²) in [5, 5.41) is 8.08. The van der Waals surface area contributed by atoms with Gasteiger partial charge in [-0.25, -0.2) is 4.68 Å². The predicted molar refractivity (Wildman–Crippen MR) is 151 cm³/mol. The fraction of sp³-hybridized carbons (Fsp3) is 0.300. The third kappa shape index (κ3) is 5.76. The molecule has 4 nitrogen and oxygen atoms in total. The molecule has 2 aromatic carbocycles. The highest BCUT2D eigenvalue weighted by Crippen LogP contribution is 2.28. The van der Waals surface area contributed by atoms with Gasteiger partial charge >= 0.3 is 0 Å². The fourth-order valence-corrected chi connectivity index (χ4v) is 5.08. The van der Waals surface area contributed by atoms with E-state index in [2.05, 4.69) is 78.7 Å². The highest BCUT2D eigenvalue weighted by molar-refractivity contribution is 7.94. The van der Waals surface area contributed by atoms with E-state index in [-0.39, 0.29) is 12.1 Å². The van der Waals surface area contributed by atoms with E-state index in [1.807, 2.05) is 25.1 Å². The van der Waals surface area contributed by atoms with Crippen LogP contribution in [-0.2, 0) is 0 Å². The van der Waals surface area contributed by atoms with E-state index in [4.69, 9.17) is 0 Å². The van der Waals surface area contributed by atoms with Crippen molar-refractivity contribution >= 4 is 29.2 Å². The zero-order chi connectivity index (χ0) is 25.7. The topological polar surface area (TPSA) is 33.1 Å². The minimum atomic E-state index is 0.225. The van der Waals surface area contributed by atoms with Crippen LogP contribution in [0.4, 0.5) is 3.89 Å². The fourth-order valence-electron chi connectivity index (χ4n) is 4.80. The Balaban J connectivity index is 1.45. The van der Waals surface area contributed by atoms with Crippen LogP contribution in [0.3, 0.4) is 0 Å². The number of likely N-dealkylation sites (tertiary alicyclic amines) is 1. The van der Waals surface area contributed by atoms with E-state index in [9.17, 15) is 3.89 Å². The Morgan fingerprint density at radius 3 is 2.22 bits per heavy atom. The number of piperidine rings is 1. The summed E-state index contributed by atoms with van der Waals surface area (Å²) in [6, 6.07) is 16.6. The number of benzene rings is 2. The average Bonchev–Trinajstić information content (AvgIpc) is 3.27. The van der Waals surface area contributed by atoms with Crippen molar-refractivity contribution in [2.24, 2.45) is 5.92 Å². The van der Waals surface area contributed by atoms with Gasteiger partial charge in [-0.3, -0.25) is 0 Å². The average molecular weight is 503 g/mol. The Morgan fingerprint density at radius 2 is 1.64 bits per heavy atom. The molecule has 4 rings (SSSR count). The van der Waals surface area contributed by atoms with Gasteiger partial charge in [0, 0.05) is 30.9 Å². The number of aromatic nitrogens is 2. The number of rotatable bonds is 9. The molecule has 188 valence electrons. The van der Waals surface area contributed by atoms with Crippen molar-refractivity contribution in [1.29, 1.82) is 0 Å². The number of nitrogens with zero attached hydrogens (tertiary/aromatic N) is 3. The second-order valence-corrected chi connectivity index (χ2v) is 10.1. The molecule has 36 heavy (non-hydrogen) atoms. The number of nitrogens with one attached hydrogen (secondary N) is 1. The Morgan fingerprint density at radius 1 is 1.03 bits per heavy atom. The largest absolute Gasteiger partial charge is 0.372 e. The van der Waals surface area contributed by atoms with E-state index in [1.54, 1.807) is 10.9 Å². The van der Waals surface area contributed by atoms with Gasteiger partial charge in [0.25, 0.3) is 0 Å². The summed E-state index contributed by atoms with van der Waals surface area (Å²) in [4.78, 5) is 2.92. The first-order valence-corrected chi connectivity index (χ1v) is 13.1. The SMILES string of the molecule is C=C(/C=C(/NCC1CCN(C(=C)c2ccccc2C)CC1)n1ncc(SF)c1C)c1ccccc1C. The normalized spacial score (nSPS) is 14.7. The maximum atomic E-state index is 13.4. The molecular formula is C30H35FN4S. The second kappa shape index (κ2) is 11.7. The summed E-state index contributed by atoms with van der Waals surface area (Å²) in [7, 11) is 0. The molecular weight excluding hydrogens is 467 g/mol. The molecule has 1 saturated heterocycles. The van der Waals surface area contributed by atoms with Crippen molar-refractivity contribution in [3.05, 3.63) is 102 Å². The lowest BCUT2D eigenvalue weighted by atomic mass is 9.95. The van der Waals surface area contributed by atoms with Crippen molar-refractivity contribution in [3.63, 3.8) is 0 Å². The lowest BCUT2D eigenvalue weighted by molar-refractivity contribution is 0.254. The number of aryl methyl sites for hydroxylation is 2. The third-order valence-corrected chi connectivity index (χ3v) is 7.67. The zero-order valence-electron chi connectivity index (χ0n) is 21.4.